The molecule has 0 aliphatic rings. The molecule has 0 bridgehead atoms. The predicted octanol–water partition coefficient (Wildman–Crippen LogP) is 1.85. The summed E-state index contributed by atoms with van der Waals surface area (Å²) in [5, 5.41) is 15.0. The Morgan fingerprint density at radius 2 is 1.88 bits per heavy atom. The van der Waals surface area contributed by atoms with E-state index in [4.69, 9.17) is 0 Å². The number of nitrogens with one attached hydrogen (secondary N) is 3. The average Bonchev–Trinajstić information content (AvgIpc) is 3.16. The number of halogens is 1. The van der Waals surface area contributed by atoms with Gasteiger partial charge >= 0.3 is 0 Å². The molecule has 10 nitrogen and oxygen atoms in total. The molecule has 3 aromatic rings. The highest BCUT2D eigenvalue weighted by Crippen LogP contribution is 2.17. The summed E-state index contributed by atoms with van der Waals surface area (Å²) >= 11 is 0. The van der Waals surface area contributed by atoms with Crippen molar-refractivity contribution in [3.05, 3.63) is 47.9 Å². The van der Waals surface area contributed by atoms with Gasteiger partial charge in [-0.15, -0.1) is 24.0 Å². The highest BCUT2D eigenvalue weighted by atomic mass is 127. The van der Waals surface area contributed by atoms with Crippen LogP contribution >= 0.6 is 24.0 Å². The van der Waals surface area contributed by atoms with Crippen molar-refractivity contribution < 1.29 is 4.79 Å². The molecule has 172 valence electrons. The first kappa shape index (κ1) is 25.3. The van der Waals surface area contributed by atoms with Gasteiger partial charge in [0.15, 0.2) is 11.6 Å². The second kappa shape index (κ2) is 12.2. The average molecular weight is 551 g/mol. The Morgan fingerprint density at radius 3 is 2.56 bits per heavy atom. The summed E-state index contributed by atoms with van der Waals surface area (Å²) < 4.78 is 1.72. The Morgan fingerprint density at radius 1 is 1.12 bits per heavy atom. The number of hydrogen-bond donors (Lipinski definition) is 3. The molecule has 0 saturated heterocycles. The van der Waals surface area contributed by atoms with Crippen LogP contribution in [0.1, 0.15) is 22.8 Å². The second-order valence-corrected chi connectivity index (χ2v) is 7.17. The van der Waals surface area contributed by atoms with Gasteiger partial charge in [-0.2, -0.15) is 5.10 Å². The number of rotatable bonds is 8. The number of aryl methyl sites for hydroxylation is 1. The zero-order chi connectivity index (χ0) is 22.2. The van der Waals surface area contributed by atoms with Crippen molar-refractivity contribution in [3.8, 4) is 0 Å². The summed E-state index contributed by atoms with van der Waals surface area (Å²) in [5.74, 6) is 1.48. The molecule has 32 heavy (non-hydrogen) atoms. The molecule has 0 aliphatic heterocycles. The Hall–Kier alpha value is -2.96. The van der Waals surface area contributed by atoms with Gasteiger partial charge in [-0.1, -0.05) is 12.1 Å². The molecule has 0 saturated carbocycles. The van der Waals surface area contributed by atoms with E-state index in [9.17, 15) is 4.79 Å². The van der Waals surface area contributed by atoms with E-state index < -0.39 is 0 Å². The first-order valence-electron chi connectivity index (χ1n) is 10.2. The summed E-state index contributed by atoms with van der Waals surface area (Å²) in [6, 6.07) is 7.52. The molecule has 1 amide bonds. The molecule has 0 spiro atoms. The van der Waals surface area contributed by atoms with Crippen molar-refractivity contribution in [2.24, 2.45) is 12.0 Å². The van der Waals surface area contributed by atoms with E-state index in [1.165, 1.54) is 6.33 Å². The molecule has 3 rings (SSSR count). The third kappa shape index (κ3) is 6.52. The van der Waals surface area contributed by atoms with Gasteiger partial charge in [0.2, 0.25) is 0 Å². The van der Waals surface area contributed by atoms with Gasteiger partial charge < -0.3 is 20.9 Å². The van der Waals surface area contributed by atoms with E-state index in [0.29, 0.717) is 25.2 Å². The number of benzene rings is 1. The summed E-state index contributed by atoms with van der Waals surface area (Å²) in [6.07, 6.45) is 3.29. The summed E-state index contributed by atoms with van der Waals surface area (Å²) in [6.45, 7) is 4.62. The maximum absolute atomic E-state index is 12.0. The topological polar surface area (TPSA) is 112 Å². The van der Waals surface area contributed by atoms with Crippen molar-refractivity contribution in [1.29, 1.82) is 0 Å². The fourth-order valence-corrected chi connectivity index (χ4v) is 2.99. The lowest BCUT2D eigenvalue weighted by Crippen LogP contribution is -2.39. The van der Waals surface area contributed by atoms with Crippen molar-refractivity contribution >= 4 is 52.7 Å². The van der Waals surface area contributed by atoms with Crippen molar-refractivity contribution in [2.45, 2.75) is 13.5 Å². The molecular formula is C21H30IN9O. The molecule has 3 N–H and O–H groups in total. The minimum atomic E-state index is -0.00944. The zero-order valence-corrected chi connectivity index (χ0v) is 21.1. The molecule has 0 unspecified atom stereocenters. The fraction of sp³-hybridized carbons (Fsp3) is 0.381. The quantitative estimate of drug-likeness (QED) is 0.170. The molecule has 0 aliphatic carbocycles. The van der Waals surface area contributed by atoms with Gasteiger partial charge in [-0.25, -0.2) is 15.0 Å². The Balaban J connectivity index is 0.00000363. The summed E-state index contributed by atoms with van der Waals surface area (Å²) in [4.78, 5) is 26.7. The van der Waals surface area contributed by atoms with Gasteiger partial charge in [0.25, 0.3) is 5.91 Å². The highest BCUT2D eigenvalue weighted by molar-refractivity contribution is 14.0. The first-order chi connectivity index (χ1) is 15.0. The Kier molecular flexibility index (Phi) is 9.62. The zero-order valence-electron chi connectivity index (χ0n) is 18.8. The number of nitrogens with zero attached hydrogens (tertiary/aromatic N) is 6. The number of carbonyl (C=O) groups is 1. The minimum Gasteiger partial charge on any atom is -0.368 e. The molecule has 0 atom stereocenters. The Bertz CT molecular complexity index is 1050. The molecule has 2 heterocycles. The normalized spacial score (nSPS) is 11.1. The summed E-state index contributed by atoms with van der Waals surface area (Å²) in [5.41, 5.74) is 2.49. The van der Waals surface area contributed by atoms with Gasteiger partial charge in [0, 0.05) is 46.3 Å². The number of aromatic nitrogens is 4. The molecule has 1 aromatic carbocycles. The third-order valence-electron chi connectivity index (χ3n) is 4.61. The van der Waals surface area contributed by atoms with Crippen LogP contribution in [0.15, 0.2) is 41.8 Å². The maximum atomic E-state index is 12.0. The van der Waals surface area contributed by atoms with Crippen LogP contribution in [0.25, 0.3) is 11.0 Å². The van der Waals surface area contributed by atoms with E-state index in [2.05, 4.69) is 36.0 Å². The monoisotopic (exact) mass is 551 g/mol. The lowest BCUT2D eigenvalue weighted by molar-refractivity contribution is 0.0827. The van der Waals surface area contributed by atoms with Crippen LogP contribution in [-0.2, 0) is 13.6 Å². The van der Waals surface area contributed by atoms with Crippen LogP contribution in [0.5, 0.6) is 0 Å². The van der Waals surface area contributed by atoms with Gasteiger partial charge in [0.05, 0.1) is 18.1 Å². The number of fused-ring (bicyclic) bond motifs is 1. The number of hydrogen-bond acceptors (Lipinski definition) is 6. The number of anilines is 1. The van der Waals surface area contributed by atoms with Crippen LogP contribution in [0.4, 0.5) is 5.82 Å². The largest absolute Gasteiger partial charge is 0.368 e. The predicted molar refractivity (Wildman–Crippen MR) is 137 cm³/mol. The lowest BCUT2D eigenvalue weighted by Gasteiger charge is -2.13. The molecule has 2 aromatic heterocycles. The van der Waals surface area contributed by atoms with Gasteiger partial charge in [0.1, 0.15) is 12.1 Å². The first-order valence-corrected chi connectivity index (χ1v) is 10.2. The van der Waals surface area contributed by atoms with Crippen molar-refractivity contribution in [1.82, 2.24) is 35.3 Å². The lowest BCUT2D eigenvalue weighted by atomic mass is 10.1. The highest BCUT2D eigenvalue weighted by Gasteiger charge is 2.08. The SMILES string of the molecule is CCNC(=NCc1ccc(C(=O)N(C)C)cc1)NCCNc1ncnc2c1cnn2C.I. The maximum Gasteiger partial charge on any atom is 0.253 e. The fourth-order valence-electron chi connectivity index (χ4n) is 2.99. The van der Waals surface area contributed by atoms with E-state index >= 15 is 0 Å². The number of carbonyl (C=O) groups excluding carboxylic acids is 1. The number of guanidine groups is 1. The smallest absolute Gasteiger partial charge is 0.253 e. The van der Waals surface area contributed by atoms with Crippen LogP contribution in [0.2, 0.25) is 0 Å². The number of amides is 1. The van der Waals surface area contributed by atoms with Gasteiger partial charge in [-0.3, -0.25) is 9.48 Å². The van der Waals surface area contributed by atoms with Crippen LogP contribution in [0, 0.1) is 0 Å². The molecule has 0 radical (unpaired) electrons. The molecular weight excluding hydrogens is 521 g/mol. The van der Waals surface area contributed by atoms with E-state index in [1.807, 2.05) is 38.2 Å². The van der Waals surface area contributed by atoms with Gasteiger partial charge in [-0.05, 0) is 24.6 Å². The second-order valence-electron chi connectivity index (χ2n) is 7.17. The van der Waals surface area contributed by atoms with Crippen molar-refractivity contribution in [3.63, 3.8) is 0 Å². The van der Waals surface area contributed by atoms with Crippen molar-refractivity contribution in [2.75, 3.05) is 39.0 Å². The summed E-state index contributed by atoms with van der Waals surface area (Å²) in [7, 11) is 5.34. The molecule has 11 heteroatoms. The van der Waals surface area contributed by atoms with Crippen LogP contribution in [-0.4, -0.2) is 70.2 Å². The van der Waals surface area contributed by atoms with E-state index in [0.717, 1.165) is 34.9 Å². The third-order valence-corrected chi connectivity index (χ3v) is 4.61. The van der Waals surface area contributed by atoms with E-state index in [1.54, 1.807) is 29.9 Å². The number of aliphatic imine (C=N–C) groups is 1. The standard InChI is InChI=1S/C21H29N9O.HI/c1-5-22-21(25-12-15-6-8-16(9-7-15)20(31)29(2)3)24-11-10-23-18-17-13-28-30(4)19(17)27-14-26-18;/h6-9,13-14H,5,10-12H2,1-4H3,(H2,22,24,25)(H,23,26,27);1H. The molecule has 0 fully saturated rings. The van der Waals surface area contributed by atoms with Crippen LogP contribution < -0.4 is 16.0 Å². The Labute approximate surface area is 204 Å². The van der Waals surface area contributed by atoms with E-state index in [-0.39, 0.29) is 29.9 Å². The minimum absolute atomic E-state index is 0. The van der Waals surface area contributed by atoms with Crippen LogP contribution in [0.3, 0.4) is 0 Å².